The Morgan fingerprint density at radius 1 is 1.20 bits per heavy atom. The molecule has 1 saturated heterocycles. The van der Waals surface area contributed by atoms with Crippen LogP contribution in [-0.4, -0.2) is 77.4 Å². The zero-order valence-electron chi connectivity index (χ0n) is 12.6. The average molecular weight is 308 g/mol. The van der Waals surface area contributed by atoms with Crippen LogP contribution in [0.25, 0.3) is 0 Å². The standard InChI is InChI=1S/C13H28N2O4S/c1-18-8-4-6-15(7-9-19-2)13(11-14)5-3-10-20(16,17)12-13/h3-12,14H2,1-2H3. The molecule has 0 bridgehead atoms. The molecule has 120 valence electrons. The van der Waals surface area contributed by atoms with Gasteiger partial charge < -0.3 is 15.2 Å². The highest BCUT2D eigenvalue weighted by Gasteiger charge is 2.42. The molecule has 0 aliphatic carbocycles. The van der Waals surface area contributed by atoms with E-state index < -0.39 is 15.4 Å². The summed E-state index contributed by atoms with van der Waals surface area (Å²) in [5.74, 6) is 0.443. The molecule has 0 aromatic heterocycles. The number of hydrogen-bond acceptors (Lipinski definition) is 6. The van der Waals surface area contributed by atoms with E-state index in [1.807, 2.05) is 0 Å². The van der Waals surface area contributed by atoms with Gasteiger partial charge in [0.25, 0.3) is 0 Å². The number of hydrogen-bond donors (Lipinski definition) is 1. The third kappa shape index (κ3) is 4.96. The van der Waals surface area contributed by atoms with Crippen molar-refractivity contribution in [3.05, 3.63) is 0 Å². The normalized spacial score (nSPS) is 26.0. The van der Waals surface area contributed by atoms with Crippen molar-refractivity contribution < 1.29 is 17.9 Å². The Hall–Kier alpha value is -0.210. The number of ether oxygens (including phenoxy) is 2. The van der Waals surface area contributed by atoms with Crippen molar-refractivity contribution >= 4 is 9.84 Å². The second-order valence-electron chi connectivity index (χ2n) is 5.45. The van der Waals surface area contributed by atoms with Crippen LogP contribution in [0.1, 0.15) is 19.3 Å². The smallest absolute Gasteiger partial charge is 0.152 e. The van der Waals surface area contributed by atoms with Gasteiger partial charge in [-0.3, -0.25) is 4.90 Å². The van der Waals surface area contributed by atoms with Crippen molar-refractivity contribution in [1.29, 1.82) is 0 Å². The van der Waals surface area contributed by atoms with E-state index in [-0.39, 0.29) is 11.5 Å². The molecule has 1 aliphatic heterocycles. The summed E-state index contributed by atoms with van der Waals surface area (Å²) in [7, 11) is 0.326. The zero-order valence-corrected chi connectivity index (χ0v) is 13.5. The highest BCUT2D eigenvalue weighted by Crippen LogP contribution is 2.28. The predicted octanol–water partition coefficient (Wildman–Crippen LogP) is -0.123. The molecule has 0 amide bonds. The van der Waals surface area contributed by atoms with Crippen molar-refractivity contribution in [2.75, 3.05) is 58.6 Å². The van der Waals surface area contributed by atoms with Gasteiger partial charge in [-0.15, -0.1) is 0 Å². The third-order valence-corrected chi connectivity index (χ3v) is 5.87. The van der Waals surface area contributed by atoms with Gasteiger partial charge in [-0.25, -0.2) is 8.42 Å². The minimum Gasteiger partial charge on any atom is -0.385 e. The monoisotopic (exact) mass is 308 g/mol. The fraction of sp³-hybridized carbons (Fsp3) is 1.00. The van der Waals surface area contributed by atoms with Crippen molar-refractivity contribution in [1.82, 2.24) is 4.90 Å². The first-order valence-corrected chi connectivity index (χ1v) is 8.95. The molecule has 0 aromatic carbocycles. The Morgan fingerprint density at radius 3 is 2.45 bits per heavy atom. The van der Waals surface area contributed by atoms with Crippen LogP contribution < -0.4 is 5.73 Å². The first-order chi connectivity index (χ1) is 9.49. The number of nitrogens with zero attached hydrogens (tertiary/aromatic N) is 1. The summed E-state index contributed by atoms with van der Waals surface area (Å²) >= 11 is 0. The SMILES string of the molecule is COCCCN(CCOC)C1(CN)CCCS(=O)(=O)C1. The van der Waals surface area contributed by atoms with Gasteiger partial charge in [-0.1, -0.05) is 0 Å². The largest absolute Gasteiger partial charge is 0.385 e. The molecule has 1 unspecified atom stereocenters. The van der Waals surface area contributed by atoms with Gasteiger partial charge >= 0.3 is 0 Å². The van der Waals surface area contributed by atoms with Crippen LogP contribution in [0.15, 0.2) is 0 Å². The zero-order chi connectivity index (χ0) is 15.1. The van der Waals surface area contributed by atoms with Crippen molar-refractivity contribution in [2.24, 2.45) is 5.73 Å². The van der Waals surface area contributed by atoms with Gasteiger partial charge in [0, 0.05) is 46.0 Å². The van der Waals surface area contributed by atoms with E-state index >= 15 is 0 Å². The first-order valence-electron chi connectivity index (χ1n) is 7.13. The van der Waals surface area contributed by atoms with Gasteiger partial charge in [0.2, 0.25) is 0 Å². The first kappa shape index (κ1) is 17.8. The molecule has 2 N–H and O–H groups in total. The minimum absolute atomic E-state index is 0.160. The maximum atomic E-state index is 12.0. The van der Waals surface area contributed by atoms with Crippen LogP contribution in [0.3, 0.4) is 0 Å². The Bertz CT molecular complexity index is 375. The quantitative estimate of drug-likeness (QED) is 0.598. The Labute approximate surface area is 122 Å². The molecule has 20 heavy (non-hydrogen) atoms. The summed E-state index contributed by atoms with van der Waals surface area (Å²) in [4.78, 5) is 2.19. The fourth-order valence-electron chi connectivity index (χ4n) is 2.90. The molecule has 1 aliphatic rings. The fourth-order valence-corrected chi connectivity index (χ4v) is 4.89. The lowest BCUT2D eigenvalue weighted by Gasteiger charge is -2.45. The lowest BCUT2D eigenvalue weighted by atomic mass is 9.92. The van der Waals surface area contributed by atoms with Crippen LogP contribution in [0.2, 0.25) is 0 Å². The van der Waals surface area contributed by atoms with Crippen molar-refractivity contribution in [2.45, 2.75) is 24.8 Å². The Morgan fingerprint density at radius 2 is 1.90 bits per heavy atom. The molecule has 0 spiro atoms. The molecular weight excluding hydrogens is 280 g/mol. The summed E-state index contributed by atoms with van der Waals surface area (Å²) in [6.07, 6.45) is 2.38. The number of methoxy groups -OCH3 is 2. The van der Waals surface area contributed by atoms with E-state index in [0.29, 0.717) is 32.7 Å². The molecule has 1 rings (SSSR count). The molecule has 0 aromatic rings. The van der Waals surface area contributed by atoms with Gasteiger partial charge in [-0.05, 0) is 19.3 Å². The predicted molar refractivity (Wildman–Crippen MR) is 79.6 cm³/mol. The Kier molecular flexibility index (Phi) is 7.39. The lowest BCUT2D eigenvalue weighted by molar-refractivity contribution is 0.0557. The minimum atomic E-state index is -3.00. The van der Waals surface area contributed by atoms with Gasteiger partial charge in [0.1, 0.15) is 0 Å². The van der Waals surface area contributed by atoms with Crippen LogP contribution >= 0.6 is 0 Å². The molecule has 1 heterocycles. The summed E-state index contributed by atoms with van der Waals surface area (Å²) in [5, 5.41) is 0. The second-order valence-corrected chi connectivity index (χ2v) is 7.63. The van der Waals surface area contributed by atoms with E-state index in [4.69, 9.17) is 15.2 Å². The highest BCUT2D eigenvalue weighted by molar-refractivity contribution is 7.91. The molecular formula is C13H28N2O4S. The van der Waals surface area contributed by atoms with E-state index in [9.17, 15) is 8.42 Å². The summed E-state index contributed by atoms with van der Waals surface area (Å²) in [6, 6.07) is 0. The molecule has 1 atom stereocenters. The molecule has 0 saturated carbocycles. The number of sulfone groups is 1. The maximum Gasteiger partial charge on any atom is 0.152 e. The van der Waals surface area contributed by atoms with Crippen LogP contribution in [0.4, 0.5) is 0 Å². The molecule has 0 radical (unpaired) electrons. The molecule has 1 fully saturated rings. The van der Waals surface area contributed by atoms with Gasteiger partial charge in [0.05, 0.1) is 18.1 Å². The van der Waals surface area contributed by atoms with Gasteiger partial charge in [-0.2, -0.15) is 0 Å². The summed E-state index contributed by atoms with van der Waals surface area (Å²) < 4.78 is 34.2. The number of rotatable bonds is 9. The average Bonchev–Trinajstić information content (AvgIpc) is 2.41. The molecule has 6 nitrogen and oxygen atoms in total. The van der Waals surface area contributed by atoms with Crippen LogP contribution in [-0.2, 0) is 19.3 Å². The van der Waals surface area contributed by atoms with E-state index in [1.165, 1.54) is 0 Å². The van der Waals surface area contributed by atoms with Crippen molar-refractivity contribution in [3.8, 4) is 0 Å². The van der Waals surface area contributed by atoms with E-state index in [0.717, 1.165) is 19.4 Å². The van der Waals surface area contributed by atoms with E-state index in [1.54, 1.807) is 14.2 Å². The van der Waals surface area contributed by atoms with Crippen molar-refractivity contribution in [3.63, 3.8) is 0 Å². The topological polar surface area (TPSA) is 81.9 Å². The maximum absolute atomic E-state index is 12.0. The highest BCUT2D eigenvalue weighted by atomic mass is 32.2. The second kappa shape index (κ2) is 8.29. The summed E-state index contributed by atoms with van der Waals surface area (Å²) in [5.41, 5.74) is 5.52. The van der Waals surface area contributed by atoms with Gasteiger partial charge in [0.15, 0.2) is 9.84 Å². The lowest BCUT2D eigenvalue weighted by Crippen LogP contribution is -2.61. The van der Waals surface area contributed by atoms with E-state index in [2.05, 4.69) is 4.90 Å². The third-order valence-electron chi connectivity index (χ3n) is 3.98. The number of nitrogens with two attached hydrogens (primary N) is 1. The van der Waals surface area contributed by atoms with Crippen LogP contribution in [0.5, 0.6) is 0 Å². The molecule has 7 heteroatoms. The Balaban J connectivity index is 2.81. The van der Waals surface area contributed by atoms with Crippen LogP contribution in [0, 0.1) is 0 Å². The summed E-state index contributed by atoms with van der Waals surface area (Å²) in [6.45, 7) is 3.09.